The first-order valence-electron chi connectivity index (χ1n) is 10.1. The highest BCUT2D eigenvalue weighted by molar-refractivity contribution is 6.46. The zero-order valence-corrected chi connectivity index (χ0v) is 18.0. The normalized spacial score (nSPS) is 13.7. The van der Waals surface area contributed by atoms with Crippen LogP contribution >= 0.6 is 0 Å². The highest BCUT2D eigenvalue weighted by Gasteiger charge is 2.40. The van der Waals surface area contributed by atoms with Gasteiger partial charge in [0.25, 0.3) is 11.8 Å². The standard InChI is InChI=1S/C26H24N2O3/c1-16-9-12-20(15-18(16)3)27-24-23(19-10-13-21(31-4)14-11-19)25(29)28(26(24)30)22-8-6-5-7-17(22)2/h5-15,27H,1-4H3. The highest BCUT2D eigenvalue weighted by Crippen LogP contribution is 2.35. The van der Waals surface area contributed by atoms with E-state index >= 15 is 0 Å². The van der Waals surface area contributed by atoms with Crippen molar-refractivity contribution in [2.75, 3.05) is 17.3 Å². The van der Waals surface area contributed by atoms with Crippen molar-refractivity contribution >= 4 is 28.8 Å². The number of nitrogens with one attached hydrogen (secondary N) is 1. The van der Waals surface area contributed by atoms with E-state index in [-0.39, 0.29) is 17.5 Å². The third-order valence-corrected chi connectivity index (χ3v) is 5.60. The van der Waals surface area contributed by atoms with Crippen LogP contribution in [0.4, 0.5) is 11.4 Å². The summed E-state index contributed by atoms with van der Waals surface area (Å²) in [4.78, 5) is 28.3. The molecule has 1 aliphatic heterocycles. The van der Waals surface area contributed by atoms with Crippen LogP contribution in [0, 0.1) is 20.8 Å². The number of benzene rings is 3. The fourth-order valence-electron chi connectivity index (χ4n) is 3.67. The van der Waals surface area contributed by atoms with Gasteiger partial charge in [0.1, 0.15) is 11.4 Å². The SMILES string of the molecule is COc1ccc(C2=C(Nc3ccc(C)c(C)c3)C(=O)N(c3ccccc3C)C2=O)cc1. The van der Waals surface area contributed by atoms with E-state index in [9.17, 15) is 9.59 Å². The van der Waals surface area contributed by atoms with Crippen molar-refractivity contribution in [2.45, 2.75) is 20.8 Å². The third kappa shape index (κ3) is 3.70. The van der Waals surface area contributed by atoms with Crippen molar-refractivity contribution < 1.29 is 14.3 Å². The number of hydrogen-bond donors (Lipinski definition) is 1. The molecule has 0 aromatic heterocycles. The zero-order valence-electron chi connectivity index (χ0n) is 18.0. The molecule has 156 valence electrons. The summed E-state index contributed by atoms with van der Waals surface area (Å²) in [5.41, 5.74) is 5.72. The molecule has 0 radical (unpaired) electrons. The molecule has 5 heteroatoms. The number of methoxy groups -OCH3 is 1. The second-order valence-electron chi connectivity index (χ2n) is 7.63. The van der Waals surface area contributed by atoms with Crippen LogP contribution in [0.2, 0.25) is 0 Å². The first-order chi connectivity index (χ1) is 14.9. The maximum Gasteiger partial charge on any atom is 0.282 e. The molecule has 0 aliphatic carbocycles. The lowest BCUT2D eigenvalue weighted by atomic mass is 10.0. The summed E-state index contributed by atoms with van der Waals surface area (Å²) in [6.07, 6.45) is 0. The van der Waals surface area contributed by atoms with Crippen molar-refractivity contribution in [3.8, 4) is 5.75 Å². The molecule has 0 fully saturated rings. The molecule has 0 unspecified atom stereocenters. The van der Waals surface area contributed by atoms with Crippen molar-refractivity contribution in [2.24, 2.45) is 0 Å². The molecule has 5 nitrogen and oxygen atoms in total. The minimum absolute atomic E-state index is 0.265. The van der Waals surface area contributed by atoms with Gasteiger partial charge in [0.15, 0.2) is 0 Å². The Balaban J connectivity index is 1.83. The van der Waals surface area contributed by atoms with E-state index in [4.69, 9.17) is 4.74 Å². The Morgan fingerprint density at radius 1 is 0.774 bits per heavy atom. The Bertz CT molecular complexity index is 1210. The number of hydrogen-bond acceptors (Lipinski definition) is 4. The molecule has 4 rings (SSSR count). The van der Waals surface area contributed by atoms with Crippen LogP contribution in [-0.2, 0) is 9.59 Å². The van der Waals surface area contributed by atoms with Gasteiger partial charge in [-0.3, -0.25) is 9.59 Å². The predicted octanol–water partition coefficient (Wildman–Crippen LogP) is 5.02. The number of carbonyl (C=O) groups excluding carboxylic acids is 2. The number of carbonyl (C=O) groups is 2. The first kappa shape index (κ1) is 20.4. The number of nitrogens with zero attached hydrogens (tertiary/aromatic N) is 1. The van der Waals surface area contributed by atoms with Gasteiger partial charge in [0.2, 0.25) is 0 Å². The molecule has 3 aromatic carbocycles. The van der Waals surface area contributed by atoms with Crippen molar-refractivity contribution in [3.05, 3.63) is 94.7 Å². The average Bonchev–Trinajstić information content (AvgIpc) is 3.01. The fraction of sp³-hybridized carbons (Fsp3) is 0.154. The minimum atomic E-state index is -0.372. The van der Waals surface area contributed by atoms with Crippen molar-refractivity contribution in [1.82, 2.24) is 0 Å². The second-order valence-corrected chi connectivity index (χ2v) is 7.63. The summed E-state index contributed by atoms with van der Waals surface area (Å²) in [6, 6.07) is 20.4. The van der Waals surface area contributed by atoms with Gasteiger partial charge < -0.3 is 10.1 Å². The number of aryl methyl sites for hydroxylation is 3. The van der Waals surface area contributed by atoms with Crippen LogP contribution in [0.25, 0.3) is 5.57 Å². The Hall–Kier alpha value is -3.86. The van der Waals surface area contributed by atoms with Gasteiger partial charge in [-0.05, 0) is 73.4 Å². The van der Waals surface area contributed by atoms with E-state index in [2.05, 4.69) is 5.32 Å². The quantitative estimate of drug-likeness (QED) is 0.598. The molecule has 3 aromatic rings. The van der Waals surface area contributed by atoms with Crippen LogP contribution in [0.1, 0.15) is 22.3 Å². The molecule has 0 saturated carbocycles. The maximum atomic E-state index is 13.5. The molecule has 0 saturated heterocycles. The average molecular weight is 412 g/mol. The minimum Gasteiger partial charge on any atom is -0.497 e. The topological polar surface area (TPSA) is 58.6 Å². The van der Waals surface area contributed by atoms with Gasteiger partial charge in [0, 0.05) is 5.69 Å². The summed E-state index contributed by atoms with van der Waals surface area (Å²) in [5, 5.41) is 3.22. The van der Waals surface area contributed by atoms with E-state index in [1.54, 1.807) is 37.4 Å². The lowest BCUT2D eigenvalue weighted by Gasteiger charge is -2.17. The summed E-state index contributed by atoms with van der Waals surface area (Å²) < 4.78 is 5.24. The third-order valence-electron chi connectivity index (χ3n) is 5.60. The summed E-state index contributed by atoms with van der Waals surface area (Å²) in [7, 11) is 1.59. The number of ether oxygens (including phenoxy) is 1. The zero-order chi connectivity index (χ0) is 22.1. The Morgan fingerprint density at radius 2 is 1.48 bits per heavy atom. The molecule has 0 spiro atoms. The van der Waals surface area contributed by atoms with Crippen molar-refractivity contribution in [1.29, 1.82) is 0 Å². The Labute approximate surface area is 182 Å². The summed E-state index contributed by atoms with van der Waals surface area (Å²) in [6.45, 7) is 5.93. The summed E-state index contributed by atoms with van der Waals surface area (Å²) in [5.74, 6) is -0.0419. The van der Waals surface area contributed by atoms with E-state index in [0.717, 1.165) is 22.4 Å². The number of para-hydroxylation sites is 1. The van der Waals surface area contributed by atoms with Crippen LogP contribution in [-0.4, -0.2) is 18.9 Å². The molecule has 0 bridgehead atoms. The second kappa shape index (κ2) is 8.11. The van der Waals surface area contributed by atoms with Crippen LogP contribution in [0.3, 0.4) is 0 Å². The van der Waals surface area contributed by atoms with Gasteiger partial charge in [-0.2, -0.15) is 0 Å². The largest absolute Gasteiger partial charge is 0.497 e. The molecule has 0 atom stereocenters. The van der Waals surface area contributed by atoms with E-state index in [0.29, 0.717) is 22.6 Å². The summed E-state index contributed by atoms with van der Waals surface area (Å²) >= 11 is 0. The van der Waals surface area contributed by atoms with Crippen molar-refractivity contribution in [3.63, 3.8) is 0 Å². The maximum absolute atomic E-state index is 13.5. The lowest BCUT2D eigenvalue weighted by Crippen LogP contribution is -2.33. The van der Waals surface area contributed by atoms with Gasteiger partial charge in [-0.25, -0.2) is 4.90 Å². The molecule has 1 heterocycles. The monoisotopic (exact) mass is 412 g/mol. The Morgan fingerprint density at radius 3 is 2.13 bits per heavy atom. The lowest BCUT2D eigenvalue weighted by molar-refractivity contribution is -0.120. The Kier molecular flexibility index (Phi) is 5.34. The van der Waals surface area contributed by atoms with Crippen LogP contribution in [0.5, 0.6) is 5.75 Å². The van der Waals surface area contributed by atoms with Gasteiger partial charge >= 0.3 is 0 Å². The molecular formula is C26H24N2O3. The predicted molar refractivity (Wildman–Crippen MR) is 123 cm³/mol. The van der Waals surface area contributed by atoms with Gasteiger partial charge in [-0.1, -0.05) is 36.4 Å². The molecule has 1 aliphatic rings. The molecular weight excluding hydrogens is 388 g/mol. The molecule has 2 amide bonds. The smallest absolute Gasteiger partial charge is 0.282 e. The van der Waals surface area contributed by atoms with Gasteiger partial charge in [0.05, 0.1) is 18.4 Å². The molecule has 1 N–H and O–H groups in total. The number of imide groups is 1. The van der Waals surface area contributed by atoms with E-state index in [1.165, 1.54) is 4.90 Å². The first-order valence-corrected chi connectivity index (χ1v) is 10.1. The number of amides is 2. The number of rotatable bonds is 5. The molecule has 31 heavy (non-hydrogen) atoms. The van der Waals surface area contributed by atoms with Crippen LogP contribution in [0.15, 0.2) is 72.4 Å². The fourth-order valence-corrected chi connectivity index (χ4v) is 3.67. The van der Waals surface area contributed by atoms with E-state index in [1.807, 2.05) is 57.2 Å². The van der Waals surface area contributed by atoms with Gasteiger partial charge in [-0.15, -0.1) is 0 Å². The van der Waals surface area contributed by atoms with E-state index < -0.39 is 0 Å². The van der Waals surface area contributed by atoms with Crippen LogP contribution < -0.4 is 15.0 Å². The highest BCUT2D eigenvalue weighted by atomic mass is 16.5. The number of anilines is 2.